The number of aromatic hydroxyl groups is 1. The van der Waals surface area contributed by atoms with E-state index in [1.807, 2.05) is 0 Å². The normalized spacial score (nSPS) is 10.5. The summed E-state index contributed by atoms with van der Waals surface area (Å²) in [5.41, 5.74) is 5.29. The van der Waals surface area contributed by atoms with Crippen molar-refractivity contribution >= 4 is 0 Å². The summed E-state index contributed by atoms with van der Waals surface area (Å²) in [4.78, 5) is 3.87. The van der Waals surface area contributed by atoms with Gasteiger partial charge in [0.25, 0.3) is 0 Å². The van der Waals surface area contributed by atoms with Crippen molar-refractivity contribution in [2.75, 3.05) is 7.11 Å². The predicted molar refractivity (Wildman–Crippen MR) is 55.8 cm³/mol. The lowest BCUT2D eigenvalue weighted by atomic mass is 10.1. The molecule has 0 spiro atoms. The summed E-state index contributed by atoms with van der Waals surface area (Å²) in [6, 6.07) is 2.52. The highest BCUT2D eigenvalue weighted by Gasteiger charge is 2.17. The first-order chi connectivity index (χ1) is 8.15. The van der Waals surface area contributed by atoms with E-state index in [0.29, 0.717) is 0 Å². The van der Waals surface area contributed by atoms with E-state index >= 15 is 0 Å². The molecule has 2 aromatic rings. The monoisotopic (exact) mass is 239 g/mol. The van der Waals surface area contributed by atoms with Crippen LogP contribution in [0.15, 0.2) is 16.7 Å². The predicted octanol–water partition coefficient (Wildman–Crippen LogP) is 1.05. The van der Waals surface area contributed by atoms with E-state index in [1.165, 1.54) is 13.2 Å². The Bertz CT molecular complexity index is 542. The number of hydrogen-bond donors (Lipinski definition) is 2. The third-order valence-electron chi connectivity index (χ3n) is 2.15. The molecule has 0 amide bonds. The van der Waals surface area contributed by atoms with E-state index in [1.54, 1.807) is 0 Å². The zero-order chi connectivity index (χ0) is 12.4. The minimum Gasteiger partial charge on any atom is -0.505 e. The topological polar surface area (TPSA) is 94.4 Å². The van der Waals surface area contributed by atoms with E-state index in [9.17, 15) is 9.50 Å². The summed E-state index contributed by atoms with van der Waals surface area (Å²) in [6.45, 7) is 0.0601. The van der Waals surface area contributed by atoms with Crippen LogP contribution >= 0.6 is 0 Å². The second-order valence-electron chi connectivity index (χ2n) is 3.22. The van der Waals surface area contributed by atoms with Gasteiger partial charge in [-0.15, -0.1) is 0 Å². The molecule has 3 N–H and O–H groups in total. The summed E-state index contributed by atoms with van der Waals surface area (Å²) in [5, 5.41) is 12.9. The smallest absolute Gasteiger partial charge is 0.240 e. The number of nitrogens with two attached hydrogens (primary N) is 1. The lowest BCUT2D eigenvalue weighted by molar-refractivity contribution is 0.379. The van der Waals surface area contributed by atoms with Crippen LogP contribution in [0, 0.1) is 5.82 Å². The maximum atomic E-state index is 13.7. The fourth-order valence-corrected chi connectivity index (χ4v) is 1.31. The minimum atomic E-state index is -0.838. The van der Waals surface area contributed by atoms with Gasteiger partial charge in [0.2, 0.25) is 11.7 Å². The number of phenolic OH excluding ortho intramolecular Hbond substituents is 1. The van der Waals surface area contributed by atoms with E-state index in [4.69, 9.17) is 15.0 Å². The molecule has 0 unspecified atom stereocenters. The van der Waals surface area contributed by atoms with Crippen molar-refractivity contribution in [2.24, 2.45) is 5.73 Å². The van der Waals surface area contributed by atoms with Gasteiger partial charge in [-0.1, -0.05) is 5.16 Å². The molecule has 0 saturated carbocycles. The van der Waals surface area contributed by atoms with Crippen LogP contribution in [0.25, 0.3) is 11.4 Å². The molecule has 0 aliphatic rings. The number of rotatable bonds is 3. The van der Waals surface area contributed by atoms with E-state index in [2.05, 4.69) is 10.1 Å². The minimum absolute atomic E-state index is 0.00898. The SMILES string of the molecule is COc1cc(O)c(F)c(-c2noc(CN)n2)c1. The van der Waals surface area contributed by atoms with Crippen LogP contribution in [-0.2, 0) is 6.54 Å². The van der Waals surface area contributed by atoms with Gasteiger partial charge in [-0.05, 0) is 6.07 Å². The number of phenols is 1. The van der Waals surface area contributed by atoms with Gasteiger partial charge in [0, 0.05) is 6.07 Å². The van der Waals surface area contributed by atoms with Gasteiger partial charge >= 0.3 is 0 Å². The number of methoxy groups -OCH3 is 1. The van der Waals surface area contributed by atoms with E-state index in [-0.39, 0.29) is 29.6 Å². The third-order valence-corrected chi connectivity index (χ3v) is 2.15. The molecule has 1 heterocycles. The van der Waals surface area contributed by atoms with Gasteiger partial charge in [0.1, 0.15) is 5.75 Å². The summed E-state index contributed by atoms with van der Waals surface area (Å²) >= 11 is 0. The Kier molecular flexibility index (Phi) is 2.92. The summed E-state index contributed by atoms with van der Waals surface area (Å²) in [5.74, 6) is -0.898. The molecule has 17 heavy (non-hydrogen) atoms. The molecule has 0 aliphatic carbocycles. The quantitative estimate of drug-likeness (QED) is 0.831. The van der Waals surface area contributed by atoms with Crippen molar-refractivity contribution < 1.29 is 18.8 Å². The molecule has 1 aromatic carbocycles. The number of nitrogens with zero attached hydrogens (tertiary/aromatic N) is 2. The van der Waals surface area contributed by atoms with Crippen LogP contribution in [0.2, 0.25) is 0 Å². The van der Waals surface area contributed by atoms with Gasteiger partial charge in [-0.25, -0.2) is 4.39 Å². The van der Waals surface area contributed by atoms with Gasteiger partial charge < -0.3 is 20.1 Å². The highest BCUT2D eigenvalue weighted by Crippen LogP contribution is 2.31. The zero-order valence-electron chi connectivity index (χ0n) is 8.98. The maximum absolute atomic E-state index is 13.7. The molecule has 0 saturated heterocycles. The number of ether oxygens (including phenoxy) is 1. The van der Waals surface area contributed by atoms with Gasteiger partial charge in [0.05, 0.1) is 19.2 Å². The van der Waals surface area contributed by atoms with E-state index in [0.717, 1.165) is 6.07 Å². The molecular weight excluding hydrogens is 229 g/mol. The number of benzene rings is 1. The first kappa shape index (κ1) is 11.3. The lowest BCUT2D eigenvalue weighted by Gasteiger charge is -2.04. The Morgan fingerprint density at radius 3 is 2.88 bits per heavy atom. The van der Waals surface area contributed by atoms with Crippen LogP contribution in [0.1, 0.15) is 5.89 Å². The van der Waals surface area contributed by atoms with Crippen LogP contribution < -0.4 is 10.5 Å². The molecular formula is C10H10FN3O3. The fourth-order valence-electron chi connectivity index (χ4n) is 1.31. The van der Waals surface area contributed by atoms with Crippen LogP contribution in [0.4, 0.5) is 4.39 Å². The zero-order valence-corrected chi connectivity index (χ0v) is 8.98. The molecule has 0 aliphatic heterocycles. The average molecular weight is 239 g/mol. The van der Waals surface area contributed by atoms with Gasteiger partial charge in [-0.2, -0.15) is 4.98 Å². The molecule has 1 aromatic heterocycles. The highest BCUT2D eigenvalue weighted by atomic mass is 19.1. The molecule has 6 nitrogen and oxygen atoms in total. The standard InChI is InChI=1S/C10H10FN3O3/c1-16-5-2-6(9(11)7(15)3-5)10-13-8(4-12)17-14-10/h2-3,15H,4,12H2,1H3. The van der Waals surface area contributed by atoms with Gasteiger partial charge in [0.15, 0.2) is 11.6 Å². The Labute approximate surface area is 95.8 Å². The first-order valence-electron chi connectivity index (χ1n) is 4.75. The van der Waals surface area contributed by atoms with Crippen molar-refractivity contribution in [2.45, 2.75) is 6.54 Å². The van der Waals surface area contributed by atoms with E-state index < -0.39 is 11.6 Å². The second-order valence-corrected chi connectivity index (χ2v) is 3.22. The van der Waals surface area contributed by atoms with Crippen LogP contribution in [0.3, 0.4) is 0 Å². The summed E-state index contributed by atoms with van der Waals surface area (Å²) < 4.78 is 23.3. The molecule has 0 radical (unpaired) electrons. The first-order valence-corrected chi connectivity index (χ1v) is 4.75. The van der Waals surface area contributed by atoms with Crippen LogP contribution in [-0.4, -0.2) is 22.4 Å². The van der Waals surface area contributed by atoms with Crippen molar-refractivity contribution in [3.05, 3.63) is 23.8 Å². The third kappa shape index (κ3) is 2.04. The van der Waals surface area contributed by atoms with Crippen molar-refractivity contribution in [1.29, 1.82) is 0 Å². The molecule has 0 bridgehead atoms. The highest BCUT2D eigenvalue weighted by molar-refractivity contribution is 5.61. The summed E-state index contributed by atoms with van der Waals surface area (Å²) in [7, 11) is 1.40. The largest absolute Gasteiger partial charge is 0.505 e. The molecule has 7 heteroatoms. The number of hydrogen-bond acceptors (Lipinski definition) is 6. The molecule has 2 rings (SSSR count). The second kappa shape index (κ2) is 4.38. The van der Waals surface area contributed by atoms with Crippen molar-refractivity contribution in [3.8, 4) is 22.9 Å². The molecule has 0 atom stereocenters. The Morgan fingerprint density at radius 1 is 1.53 bits per heavy atom. The van der Waals surface area contributed by atoms with Crippen LogP contribution in [0.5, 0.6) is 11.5 Å². The Hall–Kier alpha value is -2.15. The molecule has 0 fully saturated rings. The Balaban J connectivity index is 2.53. The molecule has 90 valence electrons. The Morgan fingerprint density at radius 2 is 2.29 bits per heavy atom. The number of halogens is 1. The fraction of sp³-hybridized carbons (Fsp3) is 0.200. The van der Waals surface area contributed by atoms with Crippen molar-refractivity contribution in [1.82, 2.24) is 10.1 Å². The maximum Gasteiger partial charge on any atom is 0.240 e. The average Bonchev–Trinajstić information content (AvgIpc) is 2.81. The van der Waals surface area contributed by atoms with Crippen molar-refractivity contribution in [3.63, 3.8) is 0 Å². The summed E-state index contributed by atoms with van der Waals surface area (Å²) in [6.07, 6.45) is 0. The lowest BCUT2D eigenvalue weighted by Crippen LogP contribution is -1.96. The number of aromatic nitrogens is 2. The van der Waals surface area contributed by atoms with Gasteiger partial charge in [-0.3, -0.25) is 0 Å².